The van der Waals surface area contributed by atoms with E-state index >= 15 is 0 Å². The van der Waals surface area contributed by atoms with Gasteiger partial charge < -0.3 is 16.0 Å². The molecule has 1 atom stereocenters. The van der Waals surface area contributed by atoms with Gasteiger partial charge in [0.2, 0.25) is 5.91 Å². The Balaban J connectivity index is 1.97. The van der Waals surface area contributed by atoms with Gasteiger partial charge in [0.25, 0.3) is 5.91 Å². The van der Waals surface area contributed by atoms with Gasteiger partial charge >= 0.3 is 0 Å². The fourth-order valence-corrected chi connectivity index (χ4v) is 1.99. The second-order valence-corrected chi connectivity index (χ2v) is 4.29. The van der Waals surface area contributed by atoms with Crippen LogP contribution in [0.3, 0.4) is 0 Å². The Bertz CT molecular complexity index is 436. The summed E-state index contributed by atoms with van der Waals surface area (Å²) in [5.74, 6) is -0.148. The summed E-state index contributed by atoms with van der Waals surface area (Å²) in [5.41, 5.74) is 1.29. The maximum atomic E-state index is 11.8. The van der Waals surface area contributed by atoms with Crippen LogP contribution in [0.5, 0.6) is 0 Å². The number of hydrogen-bond donors (Lipinski definition) is 3. The fourth-order valence-electron chi connectivity index (χ4n) is 1.99. The van der Waals surface area contributed by atoms with E-state index in [1.54, 1.807) is 31.3 Å². The molecule has 1 saturated heterocycles. The van der Waals surface area contributed by atoms with Gasteiger partial charge in [-0.05, 0) is 43.7 Å². The number of benzene rings is 1. The molecule has 1 fully saturated rings. The van der Waals surface area contributed by atoms with Gasteiger partial charge in [-0.15, -0.1) is 0 Å². The molecule has 5 heteroatoms. The van der Waals surface area contributed by atoms with Crippen molar-refractivity contribution in [3.8, 4) is 0 Å². The lowest BCUT2D eigenvalue weighted by atomic mass is 10.1. The van der Waals surface area contributed by atoms with Crippen molar-refractivity contribution in [1.29, 1.82) is 0 Å². The highest BCUT2D eigenvalue weighted by molar-refractivity contribution is 5.97. The van der Waals surface area contributed by atoms with Crippen LogP contribution < -0.4 is 16.0 Å². The maximum absolute atomic E-state index is 11.8. The van der Waals surface area contributed by atoms with Crippen LogP contribution in [0.4, 0.5) is 5.69 Å². The number of hydrogen-bond acceptors (Lipinski definition) is 3. The predicted octanol–water partition coefficient (Wildman–Crippen LogP) is 0.737. The summed E-state index contributed by atoms with van der Waals surface area (Å²) >= 11 is 0. The highest BCUT2D eigenvalue weighted by atomic mass is 16.2. The largest absolute Gasteiger partial charge is 0.355 e. The summed E-state index contributed by atoms with van der Waals surface area (Å²) in [6, 6.07) is 6.76. The van der Waals surface area contributed by atoms with E-state index < -0.39 is 0 Å². The Morgan fingerprint density at radius 2 is 2.00 bits per heavy atom. The molecule has 0 aliphatic carbocycles. The summed E-state index contributed by atoms with van der Waals surface area (Å²) in [5, 5.41) is 8.52. The summed E-state index contributed by atoms with van der Waals surface area (Å²) in [4.78, 5) is 23.2. The number of anilines is 1. The summed E-state index contributed by atoms with van der Waals surface area (Å²) in [6.45, 7) is 0.897. The zero-order valence-corrected chi connectivity index (χ0v) is 10.3. The van der Waals surface area contributed by atoms with Gasteiger partial charge in [-0.2, -0.15) is 0 Å². The molecule has 1 aromatic carbocycles. The molecule has 0 radical (unpaired) electrons. The molecule has 0 bridgehead atoms. The van der Waals surface area contributed by atoms with Crippen molar-refractivity contribution in [3.63, 3.8) is 0 Å². The molecule has 1 heterocycles. The molecule has 2 rings (SSSR count). The second kappa shape index (κ2) is 5.64. The van der Waals surface area contributed by atoms with Crippen molar-refractivity contribution in [2.45, 2.75) is 18.9 Å². The zero-order valence-electron chi connectivity index (χ0n) is 10.3. The topological polar surface area (TPSA) is 70.2 Å². The van der Waals surface area contributed by atoms with Gasteiger partial charge in [0.1, 0.15) is 0 Å². The molecule has 1 aliphatic heterocycles. The van der Waals surface area contributed by atoms with E-state index in [1.165, 1.54) is 0 Å². The number of rotatable bonds is 3. The molecule has 0 aromatic heterocycles. The van der Waals surface area contributed by atoms with E-state index in [0.717, 1.165) is 19.4 Å². The molecular formula is C13H17N3O2. The lowest BCUT2D eigenvalue weighted by Gasteiger charge is -2.11. The monoisotopic (exact) mass is 247 g/mol. The molecule has 0 unspecified atom stereocenters. The van der Waals surface area contributed by atoms with E-state index in [-0.39, 0.29) is 17.9 Å². The molecule has 96 valence electrons. The van der Waals surface area contributed by atoms with E-state index in [0.29, 0.717) is 11.3 Å². The van der Waals surface area contributed by atoms with Crippen molar-refractivity contribution >= 4 is 17.5 Å². The minimum absolute atomic E-state index is 0.0137. The number of carbonyl (C=O) groups is 2. The number of amides is 2. The van der Waals surface area contributed by atoms with Gasteiger partial charge in [0.15, 0.2) is 0 Å². The lowest BCUT2D eigenvalue weighted by molar-refractivity contribution is -0.117. The average molecular weight is 247 g/mol. The fraction of sp³-hybridized carbons (Fsp3) is 0.385. The van der Waals surface area contributed by atoms with Crippen molar-refractivity contribution in [2.24, 2.45) is 0 Å². The third-order valence-corrected chi connectivity index (χ3v) is 3.02. The molecule has 18 heavy (non-hydrogen) atoms. The molecule has 5 nitrogen and oxygen atoms in total. The van der Waals surface area contributed by atoms with Gasteiger partial charge in [-0.3, -0.25) is 9.59 Å². The predicted molar refractivity (Wildman–Crippen MR) is 69.5 cm³/mol. The quantitative estimate of drug-likeness (QED) is 0.737. The van der Waals surface area contributed by atoms with Gasteiger partial charge in [-0.1, -0.05) is 0 Å². The van der Waals surface area contributed by atoms with Crippen molar-refractivity contribution < 1.29 is 9.59 Å². The highest BCUT2D eigenvalue weighted by Crippen LogP contribution is 2.12. The van der Waals surface area contributed by atoms with Crippen molar-refractivity contribution in [3.05, 3.63) is 29.8 Å². The first kappa shape index (κ1) is 12.6. The van der Waals surface area contributed by atoms with E-state index in [4.69, 9.17) is 0 Å². The minimum atomic E-state index is -0.134. The molecule has 0 spiro atoms. The summed E-state index contributed by atoms with van der Waals surface area (Å²) < 4.78 is 0. The van der Waals surface area contributed by atoms with Crippen LogP contribution >= 0.6 is 0 Å². The van der Waals surface area contributed by atoms with Crippen LogP contribution in [-0.2, 0) is 4.79 Å². The molecule has 1 aromatic rings. The number of nitrogens with one attached hydrogen (secondary N) is 3. The van der Waals surface area contributed by atoms with Gasteiger partial charge in [-0.25, -0.2) is 0 Å². The van der Waals surface area contributed by atoms with Gasteiger partial charge in [0, 0.05) is 18.3 Å². The average Bonchev–Trinajstić information content (AvgIpc) is 2.92. The van der Waals surface area contributed by atoms with Crippen LogP contribution in [0.25, 0.3) is 0 Å². The molecule has 1 aliphatic rings. The molecular weight excluding hydrogens is 230 g/mol. The third kappa shape index (κ3) is 2.87. The van der Waals surface area contributed by atoms with E-state index in [1.807, 2.05) is 0 Å². The van der Waals surface area contributed by atoms with Crippen LogP contribution in [0.2, 0.25) is 0 Å². The van der Waals surface area contributed by atoms with Crippen LogP contribution in [0.15, 0.2) is 24.3 Å². The minimum Gasteiger partial charge on any atom is -0.355 e. The van der Waals surface area contributed by atoms with E-state index in [2.05, 4.69) is 16.0 Å². The second-order valence-electron chi connectivity index (χ2n) is 4.29. The summed E-state index contributed by atoms with van der Waals surface area (Å²) in [7, 11) is 1.59. The number of carbonyl (C=O) groups excluding carboxylic acids is 2. The van der Waals surface area contributed by atoms with Crippen LogP contribution in [-0.4, -0.2) is 31.4 Å². The Hall–Kier alpha value is -1.88. The summed E-state index contributed by atoms with van der Waals surface area (Å²) in [6.07, 6.45) is 1.91. The smallest absolute Gasteiger partial charge is 0.251 e. The normalized spacial score (nSPS) is 18.4. The standard InChI is InChI=1S/C13H17N3O2/c1-14-12(17)9-4-6-10(7-5-9)16-13(18)11-3-2-8-15-11/h4-7,11,15H,2-3,8H2,1H3,(H,14,17)(H,16,18)/t11-/m1/s1. The van der Waals surface area contributed by atoms with Crippen molar-refractivity contribution in [2.75, 3.05) is 18.9 Å². The highest BCUT2D eigenvalue weighted by Gasteiger charge is 2.21. The van der Waals surface area contributed by atoms with Crippen LogP contribution in [0.1, 0.15) is 23.2 Å². The Morgan fingerprint density at radius 3 is 2.56 bits per heavy atom. The first-order valence-corrected chi connectivity index (χ1v) is 6.07. The lowest BCUT2D eigenvalue weighted by Crippen LogP contribution is -2.35. The Labute approximate surface area is 106 Å². The Kier molecular flexibility index (Phi) is 3.94. The first-order chi connectivity index (χ1) is 8.70. The first-order valence-electron chi connectivity index (χ1n) is 6.07. The maximum Gasteiger partial charge on any atom is 0.251 e. The molecule has 3 N–H and O–H groups in total. The third-order valence-electron chi connectivity index (χ3n) is 3.02. The SMILES string of the molecule is CNC(=O)c1ccc(NC(=O)[C@H]2CCCN2)cc1. The Morgan fingerprint density at radius 1 is 1.28 bits per heavy atom. The zero-order chi connectivity index (χ0) is 13.0. The van der Waals surface area contributed by atoms with E-state index in [9.17, 15) is 9.59 Å². The molecule has 2 amide bonds. The van der Waals surface area contributed by atoms with Crippen molar-refractivity contribution in [1.82, 2.24) is 10.6 Å². The van der Waals surface area contributed by atoms with Gasteiger partial charge in [0.05, 0.1) is 6.04 Å². The molecule has 0 saturated carbocycles. The van der Waals surface area contributed by atoms with Crippen LogP contribution in [0, 0.1) is 0 Å².